The van der Waals surface area contributed by atoms with E-state index in [0.29, 0.717) is 11.7 Å². The number of aryl methyl sites for hydroxylation is 1. The predicted octanol–water partition coefficient (Wildman–Crippen LogP) is 2.08. The molecule has 0 spiro atoms. The van der Waals surface area contributed by atoms with E-state index in [0.717, 1.165) is 30.7 Å². The van der Waals surface area contributed by atoms with E-state index in [4.69, 9.17) is 5.73 Å². The average molecular weight is 268 g/mol. The van der Waals surface area contributed by atoms with Crippen molar-refractivity contribution in [3.63, 3.8) is 0 Å². The summed E-state index contributed by atoms with van der Waals surface area (Å²) in [5.74, 6) is 0.0167. The second-order valence-corrected chi connectivity index (χ2v) is 6.16. The molecule has 0 unspecified atom stereocenters. The molecule has 6 heteroatoms. The molecule has 1 aromatic heterocycles. The molecule has 100 valence electrons. The lowest BCUT2D eigenvalue weighted by Gasteiger charge is -2.29. The van der Waals surface area contributed by atoms with Gasteiger partial charge < -0.3 is 5.73 Å². The molecule has 0 aromatic carbocycles. The normalized spacial score (nSPS) is 19.2. The minimum absolute atomic E-state index is 0.0167. The molecule has 1 fully saturated rings. The lowest BCUT2D eigenvalue weighted by Crippen LogP contribution is -2.42. The van der Waals surface area contributed by atoms with Gasteiger partial charge in [-0.3, -0.25) is 10.1 Å². The standard InChI is InChI=1S/C12H20N4OS/c1-9-15-16-11(18-9)14-10(17)12(8-13)6-4-2-3-5-7-12/h2-8,13H2,1H3,(H,14,16,17). The third-order valence-corrected chi connectivity index (χ3v) is 4.43. The fourth-order valence-electron chi connectivity index (χ4n) is 2.51. The van der Waals surface area contributed by atoms with Crippen molar-refractivity contribution in [2.75, 3.05) is 11.9 Å². The number of rotatable bonds is 3. The van der Waals surface area contributed by atoms with Crippen LogP contribution in [0.15, 0.2) is 0 Å². The molecule has 0 atom stereocenters. The van der Waals surface area contributed by atoms with Gasteiger partial charge in [0.2, 0.25) is 11.0 Å². The lowest BCUT2D eigenvalue weighted by atomic mass is 9.79. The zero-order valence-electron chi connectivity index (χ0n) is 10.7. The van der Waals surface area contributed by atoms with Gasteiger partial charge in [-0.2, -0.15) is 0 Å². The summed E-state index contributed by atoms with van der Waals surface area (Å²) in [4.78, 5) is 12.4. The third-order valence-electron chi connectivity index (χ3n) is 3.68. The second-order valence-electron chi connectivity index (χ2n) is 4.98. The quantitative estimate of drug-likeness (QED) is 0.822. The van der Waals surface area contributed by atoms with E-state index in [1.165, 1.54) is 24.2 Å². The highest BCUT2D eigenvalue weighted by Crippen LogP contribution is 2.35. The maximum absolute atomic E-state index is 12.4. The first-order valence-corrected chi connectivity index (χ1v) is 7.29. The summed E-state index contributed by atoms with van der Waals surface area (Å²) in [6.07, 6.45) is 6.33. The van der Waals surface area contributed by atoms with E-state index in [2.05, 4.69) is 15.5 Å². The summed E-state index contributed by atoms with van der Waals surface area (Å²) in [6, 6.07) is 0. The van der Waals surface area contributed by atoms with Crippen LogP contribution in [0.4, 0.5) is 5.13 Å². The molecule has 0 aliphatic heterocycles. The third kappa shape index (κ3) is 2.87. The molecule has 1 amide bonds. The van der Waals surface area contributed by atoms with Gasteiger partial charge in [-0.1, -0.05) is 37.0 Å². The summed E-state index contributed by atoms with van der Waals surface area (Å²) in [5.41, 5.74) is 5.47. The minimum atomic E-state index is -0.407. The Morgan fingerprint density at radius 1 is 1.33 bits per heavy atom. The molecule has 18 heavy (non-hydrogen) atoms. The summed E-state index contributed by atoms with van der Waals surface area (Å²) >= 11 is 1.40. The van der Waals surface area contributed by atoms with E-state index >= 15 is 0 Å². The Balaban J connectivity index is 2.08. The van der Waals surface area contributed by atoms with Gasteiger partial charge in [0.15, 0.2) is 0 Å². The number of nitrogens with two attached hydrogens (primary N) is 1. The second kappa shape index (κ2) is 5.75. The van der Waals surface area contributed by atoms with Crippen LogP contribution >= 0.6 is 11.3 Å². The minimum Gasteiger partial charge on any atom is -0.329 e. The van der Waals surface area contributed by atoms with Crippen LogP contribution in [-0.4, -0.2) is 22.6 Å². The first-order chi connectivity index (χ1) is 8.66. The number of carbonyl (C=O) groups excluding carboxylic acids is 1. The Hall–Kier alpha value is -1.01. The van der Waals surface area contributed by atoms with Crippen LogP contribution in [0.5, 0.6) is 0 Å². The molecule has 1 aliphatic carbocycles. The highest BCUT2D eigenvalue weighted by Gasteiger charge is 2.37. The number of hydrogen-bond acceptors (Lipinski definition) is 5. The SMILES string of the molecule is Cc1nnc(NC(=O)C2(CN)CCCCCC2)s1. The zero-order chi connectivity index (χ0) is 13.0. The predicted molar refractivity (Wildman–Crippen MR) is 72.5 cm³/mol. The Kier molecular flexibility index (Phi) is 4.29. The fraction of sp³-hybridized carbons (Fsp3) is 0.750. The van der Waals surface area contributed by atoms with E-state index in [1.807, 2.05) is 6.92 Å². The van der Waals surface area contributed by atoms with Gasteiger partial charge in [0, 0.05) is 6.54 Å². The number of nitrogens with one attached hydrogen (secondary N) is 1. The van der Waals surface area contributed by atoms with Crippen molar-refractivity contribution in [2.24, 2.45) is 11.1 Å². The van der Waals surface area contributed by atoms with Gasteiger partial charge in [-0.15, -0.1) is 10.2 Å². The van der Waals surface area contributed by atoms with Crippen LogP contribution in [0.1, 0.15) is 43.5 Å². The smallest absolute Gasteiger partial charge is 0.233 e. The monoisotopic (exact) mass is 268 g/mol. The Bertz CT molecular complexity index is 410. The van der Waals surface area contributed by atoms with Crippen molar-refractivity contribution < 1.29 is 4.79 Å². The van der Waals surface area contributed by atoms with E-state index in [1.54, 1.807) is 0 Å². The maximum atomic E-state index is 12.4. The highest BCUT2D eigenvalue weighted by molar-refractivity contribution is 7.15. The summed E-state index contributed by atoms with van der Waals surface area (Å²) in [7, 11) is 0. The summed E-state index contributed by atoms with van der Waals surface area (Å²) < 4.78 is 0. The topological polar surface area (TPSA) is 80.9 Å². The molecule has 1 aliphatic rings. The van der Waals surface area contributed by atoms with Gasteiger partial charge in [-0.25, -0.2) is 0 Å². The van der Waals surface area contributed by atoms with E-state index < -0.39 is 5.41 Å². The summed E-state index contributed by atoms with van der Waals surface area (Å²) in [5, 5.41) is 12.2. The van der Waals surface area contributed by atoms with Crippen LogP contribution in [0.2, 0.25) is 0 Å². The van der Waals surface area contributed by atoms with Gasteiger partial charge in [-0.05, 0) is 19.8 Å². The van der Waals surface area contributed by atoms with Crippen LogP contribution in [0, 0.1) is 12.3 Å². The number of nitrogens with zero attached hydrogens (tertiary/aromatic N) is 2. The highest BCUT2D eigenvalue weighted by atomic mass is 32.1. The van der Waals surface area contributed by atoms with Gasteiger partial charge in [0.05, 0.1) is 5.41 Å². The van der Waals surface area contributed by atoms with Crippen molar-refractivity contribution in [1.29, 1.82) is 0 Å². The number of hydrogen-bond donors (Lipinski definition) is 2. The molecule has 1 aromatic rings. The van der Waals surface area contributed by atoms with Gasteiger partial charge in [0.25, 0.3) is 0 Å². The largest absolute Gasteiger partial charge is 0.329 e. The molecule has 0 radical (unpaired) electrons. The molecule has 1 heterocycles. The average Bonchev–Trinajstić information content (AvgIpc) is 2.65. The van der Waals surface area contributed by atoms with Crippen LogP contribution in [-0.2, 0) is 4.79 Å². The molecular weight excluding hydrogens is 248 g/mol. The van der Waals surface area contributed by atoms with Crippen molar-refractivity contribution >= 4 is 22.4 Å². The first kappa shape index (κ1) is 13.4. The fourth-order valence-corrected chi connectivity index (χ4v) is 3.09. The Morgan fingerprint density at radius 3 is 2.50 bits per heavy atom. The maximum Gasteiger partial charge on any atom is 0.233 e. The molecule has 1 saturated carbocycles. The van der Waals surface area contributed by atoms with Crippen LogP contribution in [0.25, 0.3) is 0 Å². The van der Waals surface area contributed by atoms with Crippen LogP contribution < -0.4 is 11.1 Å². The number of amides is 1. The van der Waals surface area contributed by atoms with E-state index in [9.17, 15) is 4.79 Å². The molecule has 0 saturated heterocycles. The molecule has 0 bridgehead atoms. The van der Waals surface area contributed by atoms with Gasteiger partial charge in [0.1, 0.15) is 5.01 Å². The van der Waals surface area contributed by atoms with Crippen molar-refractivity contribution in [1.82, 2.24) is 10.2 Å². The Labute approximate surface area is 111 Å². The first-order valence-electron chi connectivity index (χ1n) is 6.48. The van der Waals surface area contributed by atoms with Crippen molar-refractivity contribution in [3.05, 3.63) is 5.01 Å². The number of aromatic nitrogens is 2. The Morgan fingerprint density at radius 2 is 2.00 bits per heavy atom. The molecular formula is C12H20N4OS. The van der Waals surface area contributed by atoms with Crippen molar-refractivity contribution in [2.45, 2.75) is 45.4 Å². The van der Waals surface area contributed by atoms with Gasteiger partial charge >= 0.3 is 0 Å². The molecule has 2 rings (SSSR count). The molecule has 3 N–H and O–H groups in total. The number of anilines is 1. The van der Waals surface area contributed by atoms with E-state index in [-0.39, 0.29) is 5.91 Å². The van der Waals surface area contributed by atoms with Crippen LogP contribution in [0.3, 0.4) is 0 Å². The van der Waals surface area contributed by atoms with Crippen molar-refractivity contribution in [3.8, 4) is 0 Å². The zero-order valence-corrected chi connectivity index (χ0v) is 11.6. The number of carbonyl (C=O) groups is 1. The molecule has 5 nitrogen and oxygen atoms in total. The summed E-state index contributed by atoms with van der Waals surface area (Å²) in [6.45, 7) is 2.29. The lowest BCUT2D eigenvalue weighted by molar-refractivity contribution is -0.125.